The van der Waals surface area contributed by atoms with Crippen LogP contribution in [0.2, 0.25) is 0 Å². The highest BCUT2D eigenvalue weighted by atomic mass is 79.9. The molecule has 22 heavy (non-hydrogen) atoms. The summed E-state index contributed by atoms with van der Waals surface area (Å²) in [7, 11) is 0. The molecule has 0 atom stereocenters. The number of nitrogens with one attached hydrogen (secondary N) is 1. The second kappa shape index (κ2) is 7.00. The minimum Gasteiger partial charge on any atom is -0.322 e. The molecule has 0 saturated heterocycles. The van der Waals surface area contributed by atoms with E-state index in [9.17, 15) is 14.9 Å². The summed E-state index contributed by atoms with van der Waals surface area (Å²) in [5, 5.41) is 13.4. The number of aryl methyl sites for hydroxylation is 1. The third kappa shape index (κ3) is 4.02. The summed E-state index contributed by atoms with van der Waals surface area (Å²) in [5.41, 5.74) is 1.99. The first-order chi connectivity index (χ1) is 10.5. The Labute approximate surface area is 135 Å². The molecule has 0 unspecified atom stereocenters. The molecule has 6 heteroatoms. The van der Waals surface area contributed by atoms with Crippen LogP contribution < -0.4 is 5.32 Å². The Bertz CT molecular complexity index is 757. The van der Waals surface area contributed by atoms with E-state index in [-0.39, 0.29) is 11.6 Å². The highest BCUT2D eigenvalue weighted by molar-refractivity contribution is 9.10. The van der Waals surface area contributed by atoms with Gasteiger partial charge >= 0.3 is 0 Å². The predicted molar refractivity (Wildman–Crippen MR) is 89.6 cm³/mol. The van der Waals surface area contributed by atoms with Gasteiger partial charge in [0.15, 0.2) is 0 Å². The molecule has 0 fully saturated rings. The monoisotopic (exact) mass is 360 g/mol. The Morgan fingerprint density at radius 1 is 1.27 bits per heavy atom. The Hall–Kier alpha value is -2.47. The van der Waals surface area contributed by atoms with Crippen molar-refractivity contribution in [2.75, 3.05) is 5.32 Å². The summed E-state index contributed by atoms with van der Waals surface area (Å²) in [6.07, 6.45) is 3.06. The number of hydrogen-bond donors (Lipinski definition) is 1. The van der Waals surface area contributed by atoms with Gasteiger partial charge in [-0.15, -0.1) is 0 Å². The molecule has 5 nitrogen and oxygen atoms in total. The van der Waals surface area contributed by atoms with E-state index >= 15 is 0 Å². The molecule has 0 aliphatic carbocycles. The van der Waals surface area contributed by atoms with Crippen LogP contribution in [0.4, 0.5) is 11.4 Å². The van der Waals surface area contributed by atoms with Crippen molar-refractivity contribution in [1.82, 2.24) is 0 Å². The van der Waals surface area contributed by atoms with Crippen LogP contribution in [0.5, 0.6) is 0 Å². The van der Waals surface area contributed by atoms with Crippen LogP contribution in [0.1, 0.15) is 11.1 Å². The molecule has 1 amide bonds. The summed E-state index contributed by atoms with van der Waals surface area (Å²) >= 11 is 3.39. The highest BCUT2D eigenvalue weighted by Gasteiger charge is 2.09. The lowest BCUT2D eigenvalue weighted by Gasteiger charge is -2.06. The number of nitro benzene ring substituents is 1. The second-order valence-corrected chi connectivity index (χ2v) is 5.45. The van der Waals surface area contributed by atoms with E-state index < -0.39 is 4.92 Å². The number of anilines is 1. The minimum absolute atomic E-state index is 0.0596. The maximum Gasteiger partial charge on any atom is 0.271 e. The van der Waals surface area contributed by atoms with Gasteiger partial charge in [-0.2, -0.15) is 0 Å². The Morgan fingerprint density at radius 3 is 2.68 bits per heavy atom. The minimum atomic E-state index is -0.494. The maximum absolute atomic E-state index is 11.9. The van der Waals surface area contributed by atoms with Crippen LogP contribution in [0, 0.1) is 17.0 Å². The number of non-ortho nitro benzene ring substituents is 1. The van der Waals surface area contributed by atoms with E-state index in [0.29, 0.717) is 5.69 Å². The molecule has 0 bridgehead atoms. The zero-order valence-corrected chi connectivity index (χ0v) is 13.3. The normalized spacial score (nSPS) is 10.6. The summed E-state index contributed by atoms with van der Waals surface area (Å²) in [4.78, 5) is 22.2. The average molecular weight is 361 g/mol. The maximum atomic E-state index is 11.9. The molecule has 112 valence electrons. The van der Waals surface area contributed by atoms with Crippen LogP contribution in [0.3, 0.4) is 0 Å². The third-order valence-electron chi connectivity index (χ3n) is 3.01. The molecule has 1 N–H and O–H groups in total. The fourth-order valence-corrected chi connectivity index (χ4v) is 2.23. The van der Waals surface area contributed by atoms with Crippen LogP contribution >= 0.6 is 15.9 Å². The number of benzene rings is 2. The van der Waals surface area contributed by atoms with Gasteiger partial charge in [-0.05, 0) is 30.2 Å². The number of nitrogens with zero attached hydrogens (tertiary/aromatic N) is 1. The number of carbonyl (C=O) groups is 1. The zero-order valence-electron chi connectivity index (χ0n) is 11.7. The molecule has 2 aromatic carbocycles. The quantitative estimate of drug-likeness (QED) is 0.501. The molecular formula is C16H13BrN2O3. The number of rotatable bonds is 4. The van der Waals surface area contributed by atoms with Gasteiger partial charge in [0.1, 0.15) is 0 Å². The smallest absolute Gasteiger partial charge is 0.271 e. The first kappa shape index (κ1) is 15.9. The van der Waals surface area contributed by atoms with Gasteiger partial charge in [-0.25, -0.2) is 0 Å². The molecule has 2 rings (SSSR count). The molecule has 0 aliphatic heterocycles. The van der Waals surface area contributed by atoms with Crippen molar-refractivity contribution in [3.8, 4) is 0 Å². The van der Waals surface area contributed by atoms with Crippen LogP contribution in [-0.2, 0) is 4.79 Å². The van der Waals surface area contributed by atoms with E-state index in [1.807, 2.05) is 24.3 Å². The van der Waals surface area contributed by atoms with Gasteiger partial charge in [-0.3, -0.25) is 14.9 Å². The Kier molecular flexibility index (Phi) is 5.06. The lowest BCUT2D eigenvalue weighted by atomic mass is 10.1. The molecule has 2 aromatic rings. The van der Waals surface area contributed by atoms with E-state index in [1.165, 1.54) is 18.2 Å². The molecule has 0 spiro atoms. The highest BCUT2D eigenvalue weighted by Crippen LogP contribution is 2.22. The first-order valence-electron chi connectivity index (χ1n) is 6.46. The average Bonchev–Trinajstić information content (AvgIpc) is 2.48. The van der Waals surface area contributed by atoms with Crippen LogP contribution in [-0.4, -0.2) is 10.8 Å². The number of carbonyl (C=O) groups excluding carboxylic acids is 1. The number of halogens is 1. The lowest BCUT2D eigenvalue weighted by molar-refractivity contribution is -0.384. The Balaban J connectivity index is 2.14. The van der Waals surface area contributed by atoms with Crippen molar-refractivity contribution in [2.24, 2.45) is 0 Å². The van der Waals surface area contributed by atoms with Crippen molar-refractivity contribution in [3.63, 3.8) is 0 Å². The van der Waals surface area contributed by atoms with E-state index in [2.05, 4.69) is 21.2 Å². The fourth-order valence-electron chi connectivity index (χ4n) is 1.81. The van der Waals surface area contributed by atoms with Crippen molar-refractivity contribution in [2.45, 2.75) is 6.92 Å². The summed E-state index contributed by atoms with van der Waals surface area (Å²) < 4.78 is 0.880. The molecular weight excluding hydrogens is 348 g/mol. The molecule has 0 radical (unpaired) electrons. The van der Waals surface area contributed by atoms with Gasteiger partial charge in [0, 0.05) is 22.7 Å². The second-order valence-electron chi connectivity index (χ2n) is 4.60. The van der Waals surface area contributed by atoms with Crippen LogP contribution in [0.25, 0.3) is 6.08 Å². The fraction of sp³-hybridized carbons (Fsp3) is 0.0625. The number of amides is 1. The molecule has 0 aromatic heterocycles. The zero-order chi connectivity index (χ0) is 16.1. The Morgan fingerprint density at radius 2 is 2.00 bits per heavy atom. The van der Waals surface area contributed by atoms with Crippen molar-refractivity contribution >= 4 is 39.3 Å². The topological polar surface area (TPSA) is 72.2 Å². The number of hydrogen-bond acceptors (Lipinski definition) is 3. The summed E-state index contributed by atoms with van der Waals surface area (Å²) in [6, 6.07) is 11.8. The van der Waals surface area contributed by atoms with E-state index in [0.717, 1.165) is 15.6 Å². The third-order valence-corrected chi connectivity index (χ3v) is 3.73. The summed E-state index contributed by atoms with van der Waals surface area (Å²) in [5.74, 6) is -0.348. The van der Waals surface area contributed by atoms with Crippen molar-refractivity contribution in [3.05, 3.63) is 74.3 Å². The van der Waals surface area contributed by atoms with Gasteiger partial charge in [0.25, 0.3) is 5.69 Å². The van der Waals surface area contributed by atoms with Gasteiger partial charge in [-0.1, -0.05) is 40.2 Å². The van der Waals surface area contributed by atoms with Gasteiger partial charge in [0.2, 0.25) is 5.91 Å². The van der Waals surface area contributed by atoms with Gasteiger partial charge < -0.3 is 5.32 Å². The molecule has 0 saturated carbocycles. The summed E-state index contributed by atoms with van der Waals surface area (Å²) in [6.45, 7) is 1.77. The lowest BCUT2D eigenvalue weighted by Crippen LogP contribution is -2.09. The SMILES string of the molecule is Cc1ccc([N+](=O)[O-])cc1NC(=O)C=Cc1ccccc1Br. The van der Waals surface area contributed by atoms with Crippen molar-refractivity contribution < 1.29 is 9.72 Å². The number of nitro groups is 1. The molecule has 0 aliphatic rings. The van der Waals surface area contributed by atoms with Crippen LogP contribution in [0.15, 0.2) is 53.0 Å². The largest absolute Gasteiger partial charge is 0.322 e. The van der Waals surface area contributed by atoms with Crippen molar-refractivity contribution in [1.29, 1.82) is 0 Å². The standard InChI is InChI=1S/C16H13BrN2O3/c1-11-6-8-13(19(21)22)10-15(11)18-16(20)9-7-12-4-2-3-5-14(12)17/h2-10H,1H3,(H,18,20). The van der Waals surface area contributed by atoms with Gasteiger partial charge in [0.05, 0.1) is 10.6 Å². The van der Waals surface area contributed by atoms with E-state index in [4.69, 9.17) is 0 Å². The predicted octanol–water partition coefficient (Wildman–Crippen LogP) is 4.32. The first-order valence-corrected chi connectivity index (χ1v) is 7.25. The van der Waals surface area contributed by atoms with E-state index in [1.54, 1.807) is 19.1 Å². The molecule has 0 heterocycles.